The minimum Gasteiger partial charge on any atom is -0.335 e. The number of rotatable bonds is 2. The Morgan fingerprint density at radius 3 is 2.84 bits per heavy atom. The average molecular weight is 280 g/mol. The maximum atomic E-state index is 12.2. The highest BCUT2D eigenvalue weighted by Crippen LogP contribution is 2.29. The molecule has 1 amide bonds. The fourth-order valence-electron chi connectivity index (χ4n) is 3.05. The van der Waals surface area contributed by atoms with Crippen LogP contribution >= 0.6 is 11.6 Å². The van der Waals surface area contributed by atoms with Crippen LogP contribution in [-0.4, -0.2) is 18.1 Å². The van der Waals surface area contributed by atoms with E-state index in [-0.39, 0.29) is 12.1 Å². The molecule has 4 nitrogen and oxygen atoms in total. The van der Waals surface area contributed by atoms with Crippen molar-refractivity contribution in [3.63, 3.8) is 0 Å². The second kappa shape index (κ2) is 5.49. The third-order valence-corrected chi connectivity index (χ3v) is 4.41. The van der Waals surface area contributed by atoms with Crippen LogP contribution in [0.5, 0.6) is 0 Å². The number of fused-ring (bicyclic) bond motifs is 1. The highest BCUT2D eigenvalue weighted by Gasteiger charge is 2.38. The minimum atomic E-state index is -0.115. The molecule has 0 spiro atoms. The third-order valence-electron chi connectivity index (χ3n) is 4.08. The molecule has 1 saturated heterocycles. The van der Waals surface area contributed by atoms with E-state index in [1.54, 1.807) is 12.1 Å². The number of benzene rings is 1. The number of carbonyl (C=O) groups excluding carboxylic acids is 1. The van der Waals surface area contributed by atoms with E-state index in [1.807, 2.05) is 12.1 Å². The first-order chi connectivity index (χ1) is 9.25. The molecule has 2 fully saturated rings. The monoisotopic (exact) mass is 279 g/mol. The Hall–Kier alpha value is -1.10. The molecule has 1 saturated carbocycles. The van der Waals surface area contributed by atoms with Crippen molar-refractivity contribution in [1.82, 2.24) is 16.2 Å². The summed E-state index contributed by atoms with van der Waals surface area (Å²) in [5.74, 6) is 0.358. The molecule has 102 valence electrons. The first kappa shape index (κ1) is 12.9. The van der Waals surface area contributed by atoms with Crippen LogP contribution in [0.25, 0.3) is 0 Å². The summed E-state index contributed by atoms with van der Waals surface area (Å²) in [5, 5.41) is 3.53. The molecule has 1 aliphatic carbocycles. The van der Waals surface area contributed by atoms with Gasteiger partial charge in [-0.05, 0) is 25.0 Å². The van der Waals surface area contributed by atoms with Gasteiger partial charge in [-0.1, -0.05) is 36.6 Å². The molecule has 3 atom stereocenters. The van der Waals surface area contributed by atoms with Crippen LogP contribution in [0.4, 0.5) is 0 Å². The SMILES string of the molecule is O=C(NC1NNC2CCCCC21)c1ccccc1Cl. The molecule has 19 heavy (non-hydrogen) atoms. The highest BCUT2D eigenvalue weighted by molar-refractivity contribution is 6.33. The zero-order valence-electron chi connectivity index (χ0n) is 10.7. The second-order valence-corrected chi connectivity index (χ2v) is 5.68. The third kappa shape index (κ3) is 2.61. The van der Waals surface area contributed by atoms with Crippen molar-refractivity contribution in [2.45, 2.75) is 37.9 Å². The van der Waals surface area contributed by atoms with Gasteiger partial charge >= 0.3 is 0 Å². The Morgan fingerprint density at radius 1 is 1.21 bits per heavy atom. The smallest absolute Gasteiger partial charge is 0.254 e. The Labute approximate surface area is 117 Å². The van der Waals surface area contributed by atoms with Gasteiger partial charge in [0, 0.05) is 12.0 Å². The van der Waals surface area contributed by atoms with Gasteiger partial charge in [0.15, 0.2) is 0 Å². The zero-order valence-corrected chi connectivity index (χ0v) is 11.4. The number of amides is 1. The van der Waals surface area contributed by atoms with Crippen molar-refractivity contribution < 1.29 is 4.79 Å². The summed E-state index contributed by atoms with van der Waals surface area (Å²) in [6.07, 6.45) is 4.83. The van der Waals surface area contributed by atoms with Crippen LogP contribution in [0.2, 0.25) is 5.02 Å². The molecule has 3 rings (SSSR count). The summed E-state index contributed by atoms with van der Waals surface area (Å²) in [5.41, 5.74) is 7.01. The lowest BCUT2D eigenvalue weighted by atomic mass is 9.84. The number of halogens is 1. The quantitative estimate of drug-likeness (QED) is 0.777. The van der Waals surface area contributed by atoms with Crippen LogP contribution in [0.1, 0.15) is 36.0 Å². The van der Waals surface area contributed by atoms with Crippen LogP contribution < -0.4 is 16.2 Å². The maximum absolute atomic E-state index is 12.2. The fraction of sp³-hybridized carbons (Fsp3) is 0.500. The molecule has 5 heteroatoms. The van der Waals surface area contributed by atoms with Gasteiger partial charge in [0.1, 0.15) is 0 Å². The molecular weight excluding hydrogens is 262 g/mol. The van der Waals surface area contributed by atoms with E-state index >= 15 is 0 Å². The predicted molar refractivity (Wildman–Crippen MR) is 74.7 cm³/mol. The lowest BCUT2D eigenvalue weighted by molar-refractivity contribution is 0.0916. The second-order valence-electron chi connectivity index (χ2n) is 5.27. The van der Waals surface area contributed by atoms with Gasteiger partial charge in [-0.15, -0.1) is 0 Å². The van der Waals surface area contributed by atoms with Gasteiger partial charge < -0.3 is 5.32 Å². The maximum Gasteiger partial charge on any atom is 0.254 e. The van der Waals surface area contributed by atoms with Crippen LogP contribution in [0, 0.1) is 5.92 Å². The van der Waals surface area contributed by atoms with Crippen molar-refractivity contribution in [2.75, 3.05) is 0 Å². The van der Waals surface area contributed by atoms with Crippen molar-refractivity contribution in [3.05, 3.63) is 34.9 Å². The van der Waals surface area contributed by atoms with Crippen molar-refractivity contribution in [3.8, 4) is 0 Å². The topological polar surface area (TPSA) is 53.2 Å². The number of hydrogen-bond donors (Lipinski definition) is 3. The molecule has 3 N–H and O–H groups in total. The first-order valence-electron chi connectivity index (χ1n) is 6.82. The van der Waals surface area contributed by atoms with E-state index in [9.17, 15) is 4.79 Å². The van der Waals surface area contributed by atoms with E-state index < -0.39 is 0 Å². The normalized spacial score (nSPS) is 29.8. The van der Waals surface area contributed by atoms with E-state index in [4.69, 9.17) is 11.6 Å². The lowest BCUT2D eigenvalue weighted by Crippen LogP contribution is -2.47. The molecule has 3 unspecified atom stereocenters. The summed E-state index contributed by atoms with van der Waals surface area (Å²) >= 11 is 6.05. The Bertz CT molecular complexity index is 480. The zero-order chi connectivity index (χ0) is 13.2. The molecule has 1 aromatic rings. The predicted octanol–water partition coefficient (Wildman–Crippen LogP) is 2.06. The minimum absolute atomic E-state index is 0.00549. The van der Waals surface area contributed by atoms with E-state index in [1.165, 1.54) is 19.3 Å². The standard InChI is InChI=1S/C14H18ClN3O/c15-11-7-3-1-5-9(11)14(19)16-13-10-6-2-4-8-12(10)17-18-13/h1,3,5,7,10,12-13,17-18H,2,4,6,8H2,(H,16,19). The lowest BCUT2D eigenvalue weighted by Gasteiger charge is -2.27. The Morgan fingerprint density at radius 2 is 2.00 bits per heavy atom. The summed E-state index contributed by atoms with van der Waals surface area (Å²) < 4.78 is 0. The average Bonchev–Trinajstić information content (AvgIpc) is 2.83. The molecule has 1 heterocycles. The molecule has 1 aliphatic heterocycles. The summed E-state index contributed by atoms with van der Waals surface area (Å²) in [6.45, 7) is 0. The number of nitrogens with one attached hydrogen (secondary N) is 3. The summed E-state index contributed by atoms with van der Waals surface area (Å²) in [7, 11) is 0. The molecule has 1 aromatic carbocycles. The van der Waals surface area contributed by atoms with E-state index in [0.29, 0.717) is 22.5 Å². The highest BCUT2D eigenvalue weighted by atomic mass is 35.5. The number of hydrogen-bond acceptors (Lipinski definition) is 3. The van der Waals surface area contributed by atoms with Gasteiger partial charge in [0.2, 0.25) is 0 Å². The van der Waals surface area contributed by atoms with E-state index in [2.05, 4.69) is 16.2 Å². The Balaban J connectivity index is 1.68. The largest absolute Gasteiger partial charge is 0.335 e. The summed E-state index contributed by atoms with van der Waals surface area (Å²) in [4.78, 5) is 12.2. The van der Waals surface area contributed by atoms with Crippen LogP contribution in [-0.2, 0) is 0 Å². The molecule has 0 aromatic heterocycles. The van der Waals surface area contributed by atoms with Crippen LogP contribution in [0.3, 0.4) is 0 Å². The van der Waals surface area contributed by atoms with Crippen molar-refractivity contribution in [1.29, 1.82) is 0 Å². The number of carbonyl (C=O) groups is 1. The molecule has 0 radical (unpaired) electrons. The van der Waals surface area contributed by atoms with Gasteiger partial charge in [-0.25, -0.2) is 5.43 Å². The molecule has 2 aliphatic rings. The van der Waals surface area contributed by atoms with Crippen molar-refractivity contribution >= 4 is 17.5 Å². The first-order valence-corrected chi connectivity index (χ1v) is 7.20. The fourth-order valence-corrected chi connectivity index (χ4v) is 3.27. The number of hydrazine groups is 1. The Kier molecular flexibility index (Phi) is 3.73. The van der Waals surface area contributed by atoms with Gasteiger partial charge in [-0.3, -0.25) is 10.2 Å². The van der Waals surface area contributed by atoms with Crippen LogP contribution in [0.15, 0.2) is 24.3 Å². The van der Waals surface area contributed by atoms with Gasteiger partial charge in [0.25, 0.3) is 5.91 Å². The van der Waals surface area contributed by atoms with Gasteiger partial charge in [-0.2, -0.15) is 0 Å². The molecule has 0 bridgehead atoms. The van der Waals surface area contributed by atoms with Crippen molar-refractivity contribution in [2.24, 2.45) is 5.92 Å². The van der Waals surface area contributed by atoms with Gasteiger partial charge in [0.05, 0.1) is 16.8 Å². The summed E-state index contributed by atoms with van der Waals surface area (Å²) in [6, 6.07) is 7.61. The van der Waals surface area contributed by atoms with E-state index in [0.717, 1.165) is 6.42 Å². The molecular formula is C14H18ClN3O.